The first-order valence-electron chi connectivity index (χ1n) is 4.99. The molecule has 1 aromatic heterocycles. The van der Waals surface area contributed by atoms with Crippen molar-refractivity contribution in [3.63, 3.8) is 0 Å². The number of aliphatic hydroxyl groups is 3. The van der Waals surface area contributed by atoms with Crippen LogP contribution in [0.15, 0.2) is 15.8 Å². The van der Waals surface area contributed by atoms with E-state index in [1.165, 1.54) is 6.20 Å². The molecule has 0 bridgehead atoms. The van der Waals surface area contributed by atoms with Crippen molar-refractivity contribution in [2.45, 2.75) is 22.7 Å². The van der Waals surface area contributed by atoms with Crippen LogP contribution in [-0.2, 0) is 0 Å². The van der Waals surface area contributed by atoms with Gasteiger partial charge in [0, 0.05) is 11.8 Å². The first-order valence-corrected chi connectivity index (χ1v) is 5.93. The van der Waals surface area contributed by atoms with Crippen LogP contribution in [0, 0.1) is 0 Å². The molecule has 0 amide bonds. The molecule has 4 atom stereocenters. The third-order valence-electron chi connectivity index (χ3n) is 2.70. The highest BCUT2D eigenvalue weighted by Gasteiger charge is 2.43. The standard InChI is InChI=1S/C9H12N2O5S/c12-2-4-5(13)6(14)7(17-4)3-1-10-9(16)11-8(3)15/h1,4-7,12-14H,2H2,(H2,10,11,15,16). The molecule has 7 nitrogen and oxygen atoms in total. The highest BCUT2D eigenvalue weighted by atomic mass is 32.2. The highest BCUT2D eigenvalue weighted by molar-refractivity contribution is 8.00. The van der Waals surface area contributed by atoms with Gasteiger partial charge in [-0.05, 0) is 0 Å². The van der Waals surface area contributed by atoms with Gasteiger partial charge in [-0.25, -0.2) is 4.79 Å². The van der Waals surface area contributed by atoms with Crippen molar-refractivity contribution in [2.75, 3.05) is 6.61 Å². The van der Waals surface area contributed by atoms with E-state index in [2.05, 4.69) is 4.98 Å². The van der Waals surface area contributed by atoms with E-state index in [1.807, 2.05) is 4.98 Å². The molecule has 1 saturated heterocycles. The van der Waals surface area contributed by atoms with Gasteiger partial charge in [0.2, 0.25) is 0 Å². The van der Waals surface area contributed by atoms with Gasteiger partial charge < -0.3 is 20.3 Å². The maximum atomic E-state index is 11.5. The molecule has 0 saturated carbocycles. The lowest BCUT2D eigenvalue weighted by molar-refractivity contribution is 0.0196. The third-order valence-corrected chi connectivity index (χ3v) is 4.30. The Kier molecular flexibility index (Phi) is 3.38. The molecule has 0 aromatic carbocycles. The van der Waals surface area contributed by atoms with E-state index in [9.17, 15) is 19.8 Å². The second-order valence-electron chi connectivity index (χ2n) is 3.79. The Bertz CT molecular complexity index is 513. The number of aromatic nitrogens is 2. The minimum Gasteiger partial charge on any atom is -0.395 e. The summed E-state index contributed by atoms with van der Waals surface area (Å²) in [4.78, 5) is 26.7. The SMILES string of the molecule is O=c1[nH]cc(C2SC(CO)C(O)C2O)c(=O)[nH]1. The fourth-order valence-corrected chi connectivity index (χ4v) is 3.22. The molecule has 1 aliphatic rings. The summed E-state index contributed by atoms with van der Waals surface area (Å²) in [5.74, 6) is 0. The predicted molar refractivity (Wildman–Crippen MR) is 60.9 cm³/mol. The van der Waals surface area contributed by atoms with Crippen molar-refractivity contribution in [3.8, 4) is 0 Å². The molecule has 0 aliphatic carbocycles. The minimum atomic E-state index is -1.15. The number of hydrogen-bond donors (Lipinski definition) is 5. The molecule has 8 heteroatoms. The maximum absolute atomic E-state index is 11.5. The van der Waals surface area contributed by atoms with Crippen LogP contribution in [0.4, 0.5) is 0 Å². The molecule has 0 spiro atoms. The van der Waals surface area contributed by atoms with Crippen LogP contribution < -0.4 is 11.2 Å². The van der Waals surface area contributed by atoms with Crippen LogP contribution >= 0.6 is 11.8 Å². The minimum absolute atomic E-state index is 0.178. The molecule has 17 heavy (non-hydrogen) atoms. The predicted octanol–water partition coefficient (Wildman–Crippen LogP) is -2.07. The largest absolute Gasteiger partial charge is 0.395 e. The lowest BCUT2D eigenvalue weighted by atomic mass is 10.0. The molecule has 5 N–H and O–H groups in total. The summed E-state index contributed by atoms with van der Waals surface area (Å²) in [6.45, 7) is -0.291. The summed E-state index contributed by atoms with van der Waals surface area (Å²) in [5.41, 5.74) is -1.05. The number of aromatic amines is 2. The molecular formula is C9H12N2O5S. The molecule has 2 heterocycles. The van der Waals surface area contributed by atoms with Crippen molar-refractivity contribution >= 4 is 11.8 Å². The second-order valence-corrected chi connectivity index (χ2v) is 5.17. The smallest absolute Gasteiger partial charge is 0.325 e. The van der Waals surface area contributed by atoms with E-state index in [-0.39, 0.29) is 12.2 Å². The highest BCUT2D eigenvalue weighted by Crippen LogP contribution is 2.43. The van der Waals surface area contributed by atoms with E-state index in [0.717, 1.165) is 11.8 Å². The van der Waals surface area contributed by atoms with E-state index in [1.54, 1.807) is 0 Å². The molecule has 1 aliphatic heterocycles. The summed E-state index contributed by atoms with van der Waals surface area (Å²) in [6, 6.07) is 0. The fourth-order valence-electron chi connectivity index (χ4n) is 1.79. The number of nitrogens with one attached hydrogen (secondary N) is 2. The molecule has 1 aromatic rings. The molecule has 0 radical (unpaired) electrons. The molecular weight excluding hydrogens is 248 g/mol. The van der Waals surface area contributed by atoms with Gasteiger partial charge in [-0.3, -0.25) is 9.78 Å². The zero-order valence-corrected chi connectivity index (χ0v) is 9.48. The summed E-state index contributed by atoms with van der Waals surface area (Å²) in [5, 5.41) is 27.2. The monoisotopic (exact) mass is 260 g/mol. The Morgan fingerprint density at radius 1 is 1.29 bits per heavy atom. The Morgan fingerprint density at radius 2 is 2.00 bits per heavy atom. The Hall–Kier alpha value is -1.09. The van der Waals surface area contributed by atoms with Crippen LogP contribution in [0.2, 0.25) is 0 Å². The summed E-state index contributed by atoms with van der Waals surface area (Å²) >= 11 is 1.11. The van der Waals surface area contributed by atoms with E-state index in [4.69, 9.17) is 5.11 Å². The van der Waals surface area contributed by atoms with Crippen molar-refractivity contribution in [1.29, 1.82) is 0 Å². The summed E-state index contributed by atoms with van der Waals surface area (Å²) in [7, 11) is 0. The van der Waals surface area contributed by atoms with Crippen LogP contribution in [0.5, 0.6) is 0 Å². The molecule has 2 rings (SSSR count). The van der Waals surface area contributed by atoms with Crippen molar-refractivity contribution in [1.82, 2.24) is 9.97 Å². The summed E-state index contributed by atoms with van der Waals surface area (Å²) in [6.07, 6.45) is -1.03. The zero-order chi connectivity index (χ0) is 12.6. The Balaban J connectivity index is 2.35. The van der Waals surface area contributed by atoms with Crippen molar-refractivity contribution < 1.29 is 15.3 Å². The lowest BCUT2D eigenvalue weighted by Crippen LogP contribution is -2.33. The van der Waals surface area contributed by atoms with Gasteiger partial charge in [0.25, 0.3) is 5.56 Å². The average Bonchev–Trinajstić information content (AvgIpc) is 2.57. The second kappa shape index (κ2) is 4.65. The number of H-pyrrole nitrogens is 2. The van der Waals surface area contributed by atoms with E-state index in [0.29, 0.717) is 0 Å². The molecule has 4 unspecified atom stereocenters. The number of aliphatic hydroxyl groups excluding tert-OH is 3. The zero-order valence-electron chi connectivity index (χ0n) is 8.66. The maximum Gasteiger partial charge on any atom is 0.325 e. The van der Waals surface area contributed by atoms with Gasteiger partial charge in [-0.2, -0.15) is 0 Å². The quantitative estimate of drug-likeness (QED) is 0.416. The van der Waals surface area contributed by atoms with Crippen LogP contribution in [-0.4, -0.2) is 49.4 Å². The van der Waals surface area contributed by atoms with Gasteiger partial charge in [0.1, 0.15) is 0 Å². The third kappa shape index (κ3) is 2.16. The first-order chi connectivity index (χ1) is 8.04. The fraction of sp³-hybridized carbons (Fsp3) is 0.556. The van der Waals surface area contributed by atoms with Gasteiger partial charge in [0.15, 0.2) is 0 Å². The van der Waals surface area contributed by atoms with Crippen molar-refractivity contribution in [3.05, 3.63) is 32.6 Å². The lowest BCUT2D eigenvalue weighted by Gasteiger charge is -2.14. The number of hydrogen-bond acceptors (Lipinski definition) is 6. The van der Waals surface area contributed by atoms with Crippen LogP contribution in [0.25, 0.3) is 0 Å². The summed E-state index contributed by atoms with van der Waals surface area (Å²) < 4.78 is 0. The van der Waals surface area contributed by atoms with Gasteiger partial charge in [-0.1, -0.05) is 0 Å². The normalized spacial score (nSPS) is 32.9. The number of rotatable bonds is 2. The van der Waals surface area contributed by atoms with E-state index < -0.39 is 34.0 Å². The van der Waals surface area contributed by atoms with Gasteiger partial charge in [0.05, 0.1) is 29.3 Å². The van der Waals surface area contributed by atoms with Gasteiger partial charge in [-0.15, -0.1) is 11.8 Å². The van der Waals surface area contributed by atoms with Gasteiger partial charge >= 0.3 is 5.69 Å². The van der Waals surface area contributed by atoms with Crippen molar-refractivity contribution in [2.24, 2.45) is 0 Å². The Morgan fingerprint density at radius 3 is 2.53 bits per heavy atom. The topological polar surface area (TPSA) is 126 Å². The average molecular weight is 260 g/mol. The first kappa shape index (κ1) is 12.4. The van der Waals surface area contributed by atoms with Crippen LogP contribution in [0.3, 0.4) is 0 Å². The van der Waals surface area contributed by atoms with E-state index >= 15 is 0 Å². The Labute approximate surface area is 99.5 Å². The molecule has 1 fully saturated rings. The van der Waals surface area contributed by atoms with Crippen LogP contribution in [0.1, 0.15) is 10.8 Å². The molecule has 94 valence electrons. The number of thioether (sulfide) groups is 1.